The molecule has 0 rings (SSSR count). The summed E-state index contributed by atoms with van der Waals surface area (Å²) >= 11 is 1.81. The van der Waals surface area contributed by atoms with E-state index in [1.54, 1.807) is 25.6 Å². The molecule has 1 N–H and O–H groups in total. The van der Waals surface area contributed by atoms with Crippen molar-refractivity contribution in [2.24, 2.45) is 0 Å². The normalized spacial score (nSPS) is 13.1. The lowest BCUT2D eigenvalue weighted by Gasteiger charge is -2.22. The minimum atomic E-state index is -2.96. The Kier molecular flexibility index (Phi) is 6.09. The average Bonchev–Trinajstić information content (AvgIpc) is 2.02. The molecule has 0 aliphatic heterocycles. The summed E-state index contributed by atoms with van der Waals surface area (Å²) in [6, 6.07) is 0. The number of nitrogens with one attached hydrogen (secondary N) is 1. The van der Waals surface area contributed by atoms with E-state index in [0.717, 1.165) is 18.7 Å². The van der Waals surface area contributed by atoms with Gasteiger partial charge in [0.05, 0.1) is 4.75 Å². The fraction of sp³-hybridized carbons (Fsp3) is 1.00. The summed E-state index contributed by atoms with van der Waals surface area (Å²) < 4.78 is 22.0. The molecule has 0 aromatic carbocycles. The fourth-order valence-electron chi connectivity index (χ4n) is 0.862. The summed E-state index contributed by atoms with van der Waals surface area (Å²) in [6.07, 6.45) is 4.44. The minimum Gasteiger partial charge on any atom is -0.315 e. The lowest BCUT2D eigenvalue weighted by Crippen LogP contribution is -2.42. The first-order valence-electron chi connectivity index (χ1n) is 4.70. The third kappa shape index (κ3) is 5.22. The zero-order valence-electron chi connectivity index (χ0n) is 9.46. The monoisotopic (exact) mass is 239 g/mol. The van der Waals surface area contributed by atoms with Gasteiger partial charge in [0.25, 0.3) is 0 Å². The second-order valence-corrected chi connectivity index (χ2v) is 7.69. The molecule has 0 saturated carbocycles. The van der Waals surface area contributed by atoms with Crippen LogP contribution in [0.1, 0.15) is 20.3 Å². The van der Waals surface area contributed by atoms with Gasteiger partial charge in [-0.2, -0.15) is 11.8 Å². The summed E-state index contributed by atoms with van der Waals surface area (Å²) in [5, 5.41) is 3.17. The standard InChI is InChI=1S/C9H21NO2S2/c1-9(2,14(4,11)12)8-10-6-5-7-13-3/h10H,5-8H2,1-4H3. The molecule has 0 bridgehead atoms. The van der Waals surface area contributed by atoms with Crippen LogP contribution in [0, 0.1) is 0 Å². The third-order valence-electron chi connectivity index (χ3n) is 2.26. The summed E-state index contributed by atoms with van der Waals surface area (Å²) in [5.74, 6) is 1.12. The largest absolute Gasteiger partial charge is 0.315 e. The van der Waals surface area contributed by atoms with Crippen LogP contribution in [-0.2, 0) is 9.84 Å². The SMILES string of the molecule is CSCCCNCC(C)(C)S(C)(=O)=O. The number of hydrogen-bond acceptors (Lipinski definition) is 4. The smallest absolute Gasteiger partial charge is 0.153 e. The van der Waals surface area contributed by atoms with Crippen LogP contribution < -0.4 is 5.32 Å². The van der Waals surface area contributed by atoms with E-state index < -0.39 is 14.6 Å². The number of sulfone groups is 1. The second kappa shape index (κ2) is 5.98. The molecular formula is C9H21NO2S2. The molecule has 0 unspecified atom stereocenters. The maximum absolute atomic E-state index is 11.3. The van der Waals surface area contributed by atoms with Gasteiger partial charge < -0.3 is 5.32 Å². The van der Waals surface area contributed by atoms with Gasteiger partial charge in [-0.05, 0) is 38.8 Å². The van der Waals surface area contributed by atoms with Crippen molar-refractivity contribution in [3.8, 4) is 0 Å². The minimum absolute atomic E-state index is 0.528. The second-order valence-electron chi connectivity index (χ2n) is 4.05. The van der Waals surface area contributed by atoms with Crippen LogP contribution in [0.15, 0.2) is 0 Å². The molecule has 0 aliphatic carbocycles. The van der Waals surface area contributed by atoms with Crippen LogP contribution >= 0.6 is 11.8 Å². The first-order valence-corrected chi connectivity index (χ1v) is 7.99. The zero-order valence-corrected chi connectivity index (χ0v) is 11.1. The molecule has 14 heavy (non-hydrogen) atoms. The summed E-state index contributed by atoms with van der Waals surface area (Å²) in [4.78, 5) is 0. The number of rotatable bonds is 7. The Bertz CT molecular complexity index is 248. The highest BCUT2D eigenvalue weighted by atomic mass is 32.2. The van der Waals surface area contributed by atoms with Gasteiger partial charge in [0.15, 0.2) is 9.84 Å². The quantitative estimate of drug-likeness (QED) is 0.677. The molecule has 0 fully saturated rings. The zero-order chi connectivity index (χ0) is 11.2. The van der Waals surface area contributed by atoms with E-state index in [9.17, 15) is 8.42 Å². The molecule has 0 spiro atoms. The van der Waals surface area contributed by atoms with Crippen LogP contribution in [0.25, 0.3) is 0 Å². The molecule has 0 saturated heterocycles. The van der Waals surface area contributed by atoms with Gasteiger partial charge in [-0.25, -0.2) is 8.42 Å². The number of hydrogen-bond donors (Lipinski definition) is 1. The van der Waals surface area contributed by atoms with Crippen LogP contribution in [0.5, 0.6) is 0 Å². The first-order chi connectivity index (χ1) is 6.31. The fourth-order valence-corrected chi connectivity index (χ4v) is 1.66. The molecule has 0 amide bonds. The van der Waals surface area contributed by atoms with Gasteiger partial charge in [0, 0.05) is 12.8 Å². The van der Waals surface area contributed by atoms with Gasteiger partial charge in [-0.15, -0.1) is 0 Å². The van der Waals surface area contributed by atoms with E-state index in [0.29, 0.717) is 6.54 Å². The highest BCUT2D eigenvalue weighted by Crippen LogP contribution is 2.13. The van der Waals surface area contributed by atoms with Crippen molar-refractivity contribution in [1.82, 2.24) is 5.32 Å². The van der Waals surface area contributed by atoms with Crippen molar-refractivity contribution < 1.29 is 8.42 Å². The maximum atomic E-state index is 11.3. The average molecular weight is 239 g/mol. The molecule has 86 valence electrons. The lowest BCUT2D eigenvalue weighted by atomic mass is 10.2. The van der Waals surface area contributed by atoms with Crippen molar-refractivity contribution in [2.45, 2.75) is 25.0 Å². The highest BCUT2D eigenvalue weighted by molar-refractivity contribution is 7.98. The van der Waals surface area contributed by atoms with Gasteiger partial charge in [0.2, 0.25) is 0 Å². The lowest BCUT2D eigenvalue weighted by molar-refractivity contribution is 0.522. The molecule has 0 atom stereocenters. The van der Waals surface area contributed by atoms with Crippen molar-refractivity contribution >= 4 is 21.6 Å². The predicted octanol–water partition coefficient (Wildman–Crippen LogP) is 1.15. The Morgan fingerprint density at radius 3 is 2.36 bits per heavy atom. The molecule has 5 heteroatoms. The Hall–Kier alpha value is 0.260. The van der Waals surface area contributed by atoms with Crippen molar-refractivity contribution in [1.29, 1.82) is 0 Å². The van der Waals surface area contributed by atoms with E-state index in [-0.39, 0.29) is 0 Å². The molecule has 0 aliphatic rings. The van der Waals surface area contributed by atoms with Gasteiger partial charge >= 0.3 is 0 Å². The van der Waals surface area contributed by atoms with Gasteiger partial charge in [0.1, 0.15) is 0 Å². The number of thioether (sulfide) groups is 1. The molecule has 3 nitrogen and oxygen atoms in total. The van der Waals surface area contributed by atoms with E-state index in [2.05, 4.69) is 11.6 Å². The molecular weight excluding hydrogens is 218 g/mol. The first kappa shape index (κ1) is 14.3. The summed E-state index contributed by atoms with van der Waals surface area (Å²) in [7, 11) is -2.96. The Morgan fingerprint density at radius 2 is 1.93 bits per heavy atom. The van der Waals surface area contributed by atoms with E-state index in [4.69, 9.17) is 0 Å². The Labute approximate surface area is 92.0 Å². The molecule has 0 aromatic heterocycles. The highest BCUT2D eigenvalue weighted by Gasteiger charge is 2.29. The Balaban J connectivity index is 3.79. The van der Waals surface area contributed by atoms with Crippen molar-refractivity contribution in [3.63, 3.8) is 0 Å². The van der Waals surface area contributed by atoms with Gasteiger partial charge in [-0.1, -0.05) is 0 Å². The van der Waals surface area contributed by atoms with Crippen molar-refractivity contribution in [3.05, 3.63) is 0 Å². The molecule has 0 radical (unpaired) electrons. The van der Waals surface area contributed by atoms with Gasteiger partial charge in [-0.3, -0.25) is 0 Å². The van der Waals surface area contributed by atoms with Crippen LogP contribution in [0.4, 0.5) is 0 Å². The third-order valence-corrected chi connectivity index (χ3v) is 5.11. The van der Waals surface area contributed by atoms with E-state index >= 15 is 0 Å². The van der Waals surface area contributed by atoms with Crippen LogP contribution in [0.3, 0.4) is 0 Å². The summed E-state index contributed by atoms with van der Waals surface area (Å²) in [6.45, 7) is 4.92. The predicted molar refractivity (Wildman–Crippen MR) is 64.8 cm³/mol. The molecule has 0 heterocycles. The topological polar surface area (TPSA) is 46.2 Å². The van der Waals surface area contributed by atoms with E-state index in [1.807, 2.05) is 0 Å². The molecule has 0 aromatic rings. The summed E-state index contributed by atoms with van der Waals surface area (Å²) in [5.41, 5.74) is 0. The van der Waals surface area contributed by atoms with Crippen LogP contribution in [-0.4, -0.2) is 44.5 Å². The maximum Gasteiger partial charge on any atom is 0.153 e. The Morgan fingerprint density at radius 1 is 1.36 bits per heavy atom. The van der Waals surface area contributed by atoms with Crippen LogP contribution in [0.2, 0.25) is 0 Å². The van der Waals surface area contributed by atoms with Crippen molar-refractivity contribution in [2.75, 3.05) is 31.4 Å². The van der Waals surface area contributed by atoms with E-state index in [1.165, 1.54) is 6.26 Å².